The predicted molar refractivity (Wildman–Crippen MR) is 186 cm³/mol. The van der Waals surface area contributed by atoms with Crippen LogP contribution in [0, 0.1) is 11.3 Å². The average Bonchev–Trinajstić information content (AvgIpc) is 3.99. The second kappa shape index (κ2) is 15.1. The highest BCUT2D eigenvalue weighted by Gasteiger charge is 2.65. The van der Waals surface area contributed by atoms with Crippen LogP contribution in [0.4, 0.5) is 9.59 Å². The molecule has 8 heterocycles. The van der Waals surface area contributed by atoms with E-state index in [1.165, 1.54) is 9.80 Å². The van der Waals surface area contributed by atoms with Gasteiger partial charge in [0.05, 0.1) is 44.8 Å². The van der Waals surface area contributed by atoms with Gasteiger partial charge in [-0.3, -0.25) is 20.4 Å². The zero-order valence-electron chi connectivity index (χ0n) is 30.7. The van der Waals surface area contributed by atoms with Crippen molar-refractivity contribution in [3.8, 4) is 6.07 Å². The first kappa shape index (κ1) is 38.0. The third kappa shape index (κ3) is 6.72. The summed E-state index contributed by atoms with van der Waals surface area (Å²) in [6.45, 7) is 13.4. The first-order valence-electron chi connectivity index (χ1n) is 18.2. The molecule has 0 aromatic rings. The summed E-state index contributed by atoms with van der Waals surface area (Å²) in [5.41, 5.74) is 0.298. The van der Waals surface area contributed by atoms with E-state index in [9.17, 15) is 14.7 Å². The molecule has 11 atom stereocenters. The van der Waals surface area contributed by atoms with E-state index in [4.69, 9.17) is 42.7 Å². The third-order valence-corrected chi connectivity index (χ3v) is 12.8. The maximum absolute atomic E-state index is 12.8. The number of carbonyl (C=O) groups excluding carboxylic acids is 2. The Morgan fingerprint density at radius 2 is 1.45 bits per heavy atom. The van der Waals surface area contributed by atoms with Crippen molar-refractivity contribution in [2.45, 2.75) is 133 Å². The van der Waals surface area contributed by atoms with Crippen LogP contribution in [-0.2, 0) is 37.5 Å². The molecule has 53 heavy (non-hydrogen) atoms. The summed E-state index contributed by atoms with van der Waals surface area (Å²) < 4.78 is 49.8. The van der Waals surface area contributed by atoms with E-state index in [1.54, 1.807) is 31.0 Å². The summed E-state index contributed by atoms with van der Waals surface area (Å²) in [6.07, 6.45) is 7.50. The van der Waals surface area contributed by atoms with Crippen LogP contribution < -0.4 is 10.6 Å². The summed E-state index contributed by atoms with van der Waals surface area (Å²) in [5, 5.41) is 24.8. The summed E-state index contributed by atoms with van der Waals surface area (Å²) in [4.78, 5) is 27.9. The van der Waals surface area contributed by atoms with Crippen molar-refractivity contribution in [2.24, 2.45) is 0 Å². The smallest absolute Gasteiger partial charge is 0.326 e. The van der Waals surface area contributed by atoms with Gasteiger partial charge in [-0.05, 0) is 52.7 Å². The molecular formula is C35H49N6O11P. The van der Waals surface area contributed by atoms with Crippen molar-refractivity contribution in [1.82, 2.24) is 25.1 Å². The summed E-state index contributed by atoms with van der Waals surface area (Å²) in [6, 6.07) is 1.85. The van der Waals surface area contributed by atoms with Crippen molar-refractivity contribution in [2.75, 3.05) is 19.8 Å². The molecule has 18 heteroatoms. The van der Waals surface area contributed by atoms with E-state index < -0.39 is 69.1 Å². The molecule has 0 aromatic carbocycles. The third-order valence-electron chi connectivity index (χ3n) is 10.7. The molecule has 0 aliphatic carbocycles. The molecule has 3 N–H and O–H groups in total. The number of carbonyl (C=O) groups is 2. The molecule has 0 aromatic heterocycles. The highest BCUT2D eigenvalue weighted by Crippen LogP contribution is 2.55. The standard InChI is InChI=1S/C22H33N4O6P.C13H16N2O5/c1-6-22-13-29-17(20(31-22)25-12-16-8-11-28-19(16)24-21(25)27)18(22)32-33(30-10-7-9-23)26(14(2)3)15(4)5;1-2-13-6-19-8(9(13)16)11(20-13)15-5-7-3-4-18-10(7)14-12(15)17/h8,11-12,14-15,17-20H,6-7,10,13H2,1-5H3,(H,24,27);3-5,8-11,16H,2,6H2,1H3,(H,14,17). The lowest BCUT2D eigenvalue weighted by Gasteiger charge is -2.38. The molecule has 17 nitrogen and oxygen atoms in total. The predicted octanol–water partition coefficient (Wildman–Crippen LogP) is 3.36. The second-order valence-electron chi connectivity index (χ2n) is 14.5. The molecule has 8 rings (SSSR count). The number of hydrogen-bond donors (Lipinski definition) is 3. The minimum absolute atomic E-state index is 0.177. The lowest BCUT2D eigenvalue weighted by Crippen LogP contribution is -2.55. The molecule has 4 bridgehead atoms. The number of nitrogens with one attached hydrogen (secondary N) is 2. The van der Waals surface area contributed by atoms with Crippen molar-refractivity contribution >= 4 is 20.6 Å². The lowest BCUT2D eigenvalue weighted by molar-refractivity contribution is -0.179. The molecule has 4 amide bonds. The van der Waals surface area contributed by atoms with E-state index in [-0.39, 0.29) is 37.2 Å². The lowest BCUT2D eigenvalue weighted by atomic mass is 9.96. The van der Waals surface area contributed by atoms with E-state index in [0.717, 1.165) is 11.1 Å². The molecule has 8 aliphatic rings. The number of aliphatic hydroxyl groups excluding tert-OH is 1. The molecule has 0 saturated carbocycles. The van der Waals surface area contributed by atoms with Crippen molar-refractivity contribution in [1.29, 1.82) is 5.26 Å². The Kier molecular flexibility index (Phi) is 10.8. The van der Waals surface area contributed by atoms with Crippen LogP contribution in [-0.4, -0.2) is 124 Å². The Bertz CT molecular complexity index is 1580. The number of rotatable bonds is 12. The van der Waals surface area contributed by atoms with Crippen LogP contribution in [0.1, 0.15) is 60.8 Å². The quantitative estimate of drug-likeness (QED) is 0.195. The number of aliphatic hydroxyl groups is 1. The molecule has 11 unspecified atom stereocenters. The second-order valence-corrected chi connectivity index (χ2v) is 15.9. The van der Waals surface area contributed by atoms with Crippen molar-refractivity contribution in [3.05, 3.63) is 48.2 Å². The average molecular weight is 761 g/mol. The molecule has 0 radical (unpaired) electrons. The number of hydrogen-bond acceptors (Lipinski definition) is 13. The van der Waals surface area contributed by atoms with Gasteiger partial charge in [-0.15, -0.1) is 0 Å². The summed E-state index contributed by atoms with van der Waals surface area (Å²) in [5.74, 6) is 0. The zero-order valence-corrected chi connectivity index (χ0v) is 31.6. The van der Waals surface area contributed by atoms with E-state index in [1.807, 2.05) is 19.9 Å². The maximum Gasteiger partial charge on any atom is 0.326 e. The molecule has 4 fully saturated rings. The molecule has 8 aliphatic heterocycles. The monoisotopic (exact) mass is 760 g/mol. The molecular weight excluding hydrogens is 711 g/mol. The van der Waals surface area contributed by atoms with Gasteiger partial charge in [0.25, 0.3) is 8.53 Å². The van der Waals surface area contributed by atoms with Gasteiger partial charge in [0.15, 0.2) is 12.5 Å². The largest absolute Gasteiger partial charge is 0.474 e. The number of fused-ring (bicyclic) bond motifs is 6. The number of nitriles is 1. The number of ether oxygens (including phenoxy) is 6. The van der Waals surface area contributed by atoms with Gasteiger partial charge in [-0.2, -0.15) is 5.26 Å². The Balaban J connectivity index is 0.000000184. The highest BCUT2D eigenvalue weighted by molar-refractivity contribution is 7.44. The molecule has 4 saturated heterocycles. The fourth-order valence-electron chi connectivity index (χ4n) is 7.84. The van der Waals surface area contributed by atoms with E-state index in [0.29, 0.717) is 26.1 Å². The van der Waals surface area contributed by atoms with Gasteiger partial charge in [0.2, 0.25) is 12.5 Å². The maximum atomic E-state index is 12.8. The number of amides is 4. The fourth-order valence-corrected chi connectivity index (χ4v) is 9.65. The Labute approximate surface area is 310 Å². The topological polar surface area (TPSA) is 186 Å². The minimum Gasteiger partial charge on any atom is -0.474 e. The van der Waals surface area contributed by atoms with Crippen LogP contribution in [0.15, 0.2) is 48.2 Å². The van der Waals surface area contributed by atoms with Crippen LogP contribution >= 0.6 is 8.53 Å². The Hall–Kier alpha value is -3.30. The van der Waals surface area contributed by atoms with Crippen LogP contribution in [0.3, 0.4) is 0 Å². The normalized spacial score (nSPS) is 37.8. The highest BCUT2D eigenvalue weighted by atomic mass is 31.2. The minimum atomic E-state index is -1.48. The fraction of sp³-hybridized carbons (Fsp3) is 0.686. The number of nitrogens with zero attached hydrogens (tertiary/aromatic N) is 4. The summed E-state index contributed by atoms with van der Waals surface area (Å²) in [7, 11) is -1.48. The molecule has 0 spiro atoms. The first-order valence-corrected chi connectivity index (χ1v) is 19.4. The van der Waals surface area contributed by atoms with Gasteiger partial charge in [0, 0.05) is 35.6 Å². The van der Waals surface area contributed by atoms with E-state index >= 15 is 0 Å². The van der Waals surface area contributed by atoms with Gasteiger partial charge in [0.1, 0.15) is 35.6 Å². The molecule has 290 valence electrons. The van der Waals surface area contributed by atoms with Crippen LogP contribution in [0.5, 0.6) is 0 Å². The van der Waals surface area contributed by atoms with Crippen molar-refractivity contribution < 1.29 is 52.2 Å². The Morgan fingerprint density at radius 3 is 1.98 bits per heavy atom. The Morgan fingerprint density at radius 1 is 0.925 bits per heavy atom. The van der Waals surface area contributed by atoms with Gasteiger partial charge >= 0.3 is 12.1 Å². The summed E-state index contributed by atoms with van der Waals surface area (Å²) >= 11 is 0. The van der Waals surface area contributed by atoms with Crippen LogP contribution in [0.25, 0.3) is 0 Å². The zero-order chi connectivity index (χ0) is 37.7. The SMILES string of the molecule is CCC12COC(C(N3C=C4C=COC4NC3=O)O1)C2O.CCC12COC(C(N3C=C4C=COC4NC3=O)O1)C2OP(OCCC#N)N(C(C)C)C(C)C. The first-order chi connectivity index (χ1) is 25.5. The van der Waals surface area contributed by atoms with Crippen LogP contribution in [0.2, 0.25) is 0 Å². The van der Waals surface area contributed by atoms with Gasteiger partial charge in [-0.1, -0.05) is 13.8 Å². The van der Waals surface area contributed by atoms with Gasteiger partial charge in [-0.25, -0.2) is 14.3 Å². The number of urea groups is 2. The van der Waals surface area contributed by atoms with Gasteiger partial charge < -0.3 is 42.6 Å². The van der Waals surface area contributed by atoms with E-state index in [2.05, 4.69) is 49.1 Å². The van der Waals surface area contributed by atoms with Crippen molar-refractivity contribution in [3.63, 3.8) is 0 Å².